The Bertz CT molecular complexity index is 143. The van der Waals surface area contributed by atoms with Crippen LogP contribution < -0.4 is 0 Å². The van der Waals surface area contributed by atoms with E-state index in [-0.39, 0.29) is 5.97 Å². The van der Waals surface area contributed by atoms with Crippen LogP contribution in [0.5, 0.6) is 0 Å². The molecule has 0 aliphatic carbocycles. The van der Waals surface area contributed by atoms with Gasteiger partial charge in [0.2, 0.25) is 0 Å². The van der Waals surface area contributed by atoms with Crippen molar-refractivity contribution in [1.82, 2.24) is 0 Å². The van der Waals surface area contributed by atoms with E-state index in [9.17, 15) is 4.79 Å². The summed E-state index contributed by atoms with van der Waals surface area (Å²) >= 11 is 0. The first-order valence-electron chi connectivity index (χ1n) is 6.38. The first-order chi connectivity index (χ1) is 7.31. The maximum absolute atomic E-state index is 10.8. The molecule has 0 aromatic carbocycles. The number of ether oxygens (including phenoxy) is 1. The van der Waals surface area contributed by atoms with Crippen LogP contribution in [0.3, 0.4) is 0 Å². The number of methoxy groups -OCH3 is 1. The van der Waals surface area contributed by atoms with Crippen LogP contribution in [0.25, 0.3) is 0 Å². The highest BCUT2D eigenvalue weighted by Gasteiger charge is 1.98. The molecule has 0 unspecified atom stereocenters. The van der Waals surface area contributed by atoms with Crippen molar-refractivity contribution in [1.29, 1.82) is 0 Å². The SMILES string of the molecule is CCCCCCCCCCCC(=O)OC. The van der Waals surface area contributed by atoms with Crippen molar-refractivity contribution < 1.29 is 9.53 Å². The molecule has 0 spiro atoms. The van der Waals surface area contributed by atoms with Gasteiger partial charge in [0, 0.05) is 6.42 Å². The Morgan fingerprint density at radius 3 is 1.80 bits per heavy atom. The molecule has 0 atom stereocenters. The zero-order valence-electron chi connectivity index (χ0n) is 10.4. The van der Waals surface area contributed by atoms with Gasteiger partial charge in [-0.25, -0.2) is 0 Å². The Kier molecular flexibility index (Phi) is 11.1. The zero-order chi connectivity index (χ0) is 11.4. The summed E-state index contributed by atoms with van der Waals surface area (Å²) in [5, 5.41) is 0. The molecule has 2 nitrogen and oxygen atoms in total. The average Bonchev–Trinajstić information content (AvgIpc) is 2.26. The van der Waals surface area contributed by atoms with Gasteiger partial charge in [0.05, 0.1) is 7.11 Å². The molecule has 0 aromatic heterocycles. The van der Waals surface area contributed by atoms with Crippen molar-refractivity contribution in [2.75, 3.05) is 7.11 Å². The van der Waals surface area contributed by atoms with E-state index in [0.717, 1.165) is 6.42 Å². The van der Waals surface area contributed by atoms with Gasteiger partial charge in [-0.3, -0.25) is 4.79 Å². The molecule has 90 valence electrons. The molecule has 0 heterocycles. The second-order valence-electron chi connectivity index (χ2n) is 4.15. The van der Waals surface area contributed by atoms with Crippen LogP contribution in [0.15, 0.2) is 0 Å². The van der Waals surface area contributed by atoms with Gasteiger partial charge >= 0.3 is 5.97 Å². The minimum Gasteiger partial charge on any atom is -0.469 e. The number of carbonyl (C=O) groups is 1. The highest BCUT2D eigenvalue weighted by atomic mass is 16.5. The third kappa shape index (κ3) is 11.4. The van der Waals surface area contributed by atoms with E-state index >= 15 is 0 Å². The molecule has 15 heavy (non-hydrogen) atoms. The third-order valence-corrected chi connectivity index (χ3v) is 2.71. The number of unbranched alkanes of at least 4 members (excludes halogenated alkanes) is 8. The molecule has 0 N–H and O–H groups in total. The van der Waals surface area contributed by atoms with E-state index in [1.807, 2.05) is 0 Å². The van der Waals surface area contributed by atoms with Crippen LogP contribution in [0.2, 0.25) is 0 Å². The predicted octanol–water partition coefficient (Wildman–Crippen LogP) is 4.08. The Morgan fingerprint density at radius 2 is 1.33 bits per heavy atom. The Morgan fingerprint density at radius 1 is 0.867 bits per heavy atom. The molecule has 0 rings (SSSR count). The van der Waals surface area contributed by atoms with E-state index < -0.39 is 0 Å². The molecule has 2 heteroatoms. The van der Waals surface area contributed by atoms with Crippen molar-refractivity contribution in [3.05, 3.63) is 0 Å². The summed E-state index contributed by atoms with van der Waals surface area (Å²) in [5.41, 5.74) is 0. The Hall–Kier alpha value is -0.530. The number of carbonyl (C=O) groups excluding carboxylic acids is 1. The summed E-state index contributed by atoms with van der Waals surface area (Å²) < 4.78 is 4.58. The van der Waals surface area contributed by atoms with Gasteiger partial charge in [0.25, 0.3) is 0 Å². The summed E-state index contributed by atoms with van der Waals surface area (Å²) in [6.07, 6.45) is 12.2. The van der Waals surface area contributed by atoms with Gasteiger partial charge in [0.1, 0.15) is 0 Å². The zero-order valence-corrected chi connectivity index (χ0v) is 10.4. The van der Waals surface area contributed by atoms with Gasteiger partial charge < -0.3 is 4.74 Å². The standard InChI is InChI=1S/C13H26O2/c1-3-4-5-6-7-8-9-10-11-12-13(14)15-2/h3-12H2,1-2H3. The maximum Gasteiger partial charge on any atom is 0.305 e. The fourth-order valence-electron chi connectivity index (χ4n) is 1.68. The molecule has 0 amide bonds. The van der Waals surface area contributed by atoms with E-state index in [2.05, 4.69) is 11.7 Å². The predicted molar refractivity (Wildman–Crippen MR) is 63.9 cm³/mol. The van der Waals surface area contributed by atoms with Crippen LogP contribution in [0, 0.1) is 0 Å². The molecular weight excluding hydrogens is 188 g/mol. The van der Waals surface area contributed by atoms with Gasteiger partial charge in [-0.1, -0.05) is 58.3 Å². The normalized spacial score (nSPS) is 10.3. The minimum absolute atomic E-state index is 0.0713. The van der Waals surface area contributed by atoms with Gasteiger partial charge in [-0.15, -0.1) is 0 Å². The molecule has 0 aliphatic heterocycles. The summed E-state index contributed by atoms with van der Waals surface area (Å²) in [6.45, 7) is 2.24. The second-order valence-corrected chi connectivity index (χ2v) is 4.15. The highest BCUT2D eigenvalue weighted by Crippen LogP contribution is 2.10. The lowest BCUT2D eigenvalue weighted by Gasteiger charge is -2.01. The maximum atomic E-state index is 10.8. The van der Waals surface area contributed by atoms with Crippen LogP contribution in [-0.2, 0) is 9.53 Å². The number of esters is 1. The smallest absolute Gasteiger partial charge is 0.305 e. The molecule has 0 aromatic rings. The van der Waals surface area contributed by atoms with E-state index in [1.165, 1.54) is 58.5 Å². The van der Waals surface area contributed by atoms with Gasteiger partial charge in [-0.05, 0) is 6.42 Å². The van der Waals surface area contributed by atoms with E-state index in [1.54, 1.807) is 0 Å². The summed E-state index contributed by atoms with van der Waals surface area (Å²) in [4.78, 5) is 10.8. The first kappa shape index (κ1) is 14.5. The van der Waals surface area contributed by atoms with Gasteiger partial charge in [0.15, 0.2) is 0 Å². The highest BCUT2D eigenvalue weighted by molar-refractivity contribution is 5.68. The van der Waals surface area contributed by atoms with Crippen LogP contribution in [-0.4, -0.2) is 13.1 Å². The number of hydrogen-bond donors (Lipinski definition) is 0. The van der Waals surface area contributed by atoms with Crippen molar-refractivity contribution in [3.8, 4) is 0 Å². The summed E-state index contributed by atoms with van der Waals surface area (Å²) in [7, 11) is 1.45. The van der Waals surface area contributed by atoms with Crippen molar-refractivity contribution in [2.24, 2.45) is 0 Å². The number of hydrogen-bond acceptors (Lipinski definition) is 2. The van der Waals surface area contributed by atoms with Crippen LogP contribution in [0.4, 0.5) is 0 Å². The summed E-state index contributed by atoms with van der Waals surface area (Å²) in [6, 6.07) is 0. The van der Waals surface area contributed by atoms with Crippen molar-refractivity contribution >= 4 is 5.97 Å². The number of rotatable bonds is 10. The lowest BCUT2D eigenvalue weighted by Crippen LogP contribution is -1.99. The van der Waals surface area contributed by atoms with Crippen molar-refractivity contribution in [3.63, 3.8) is 0 Å². The fraction of sp³-hybridized carbons (Fsp3) is 0.923. The molecule has 0 aliphatic rings. The van der Waals surface area contributed by atoms with Crippen LogP contribution in [0.1, 0.15) is 71.1 Å². The third-order valence-electron chi connectivity index (χ3n) is 2.71. The Balaban J connectivity index is 2.95. The molecular formula is C13H26O2. The van der Waals surface area contributed by atoms with E-state index in [4.69, 9.17) is 0 Å². The molecule has 0 saturated carbocycles. The minimum atomic E-state index is -0.0713. The Labute approximate surface area is 94.4 Å². The van der Waals surface area contributed by atoms with E-state index in [0.29, 0.717) is 6.42 Å². The molecule has 0 bridgehead atoms. The molecule has 0 radical (unpaired) electrons. The summed E-state index contributed by atoms with van der Waals surface area (Å²) in [5.74, 6) is -0.0713. The monoisotopic (exact) mass is 214 g/mol. The van der Waals surface area contributed by atoms with Crippen molar-refractivity contribution in [2.45, 2.75) is 71.1 Å². The molecule has 0 fully saturated rings. The van der Waals surface area contributed by atoms with Gasteiger partial charge in [-0.2, -0.15) is 0 Å². The lowest BCUT2D eigenvalue weighted by molar-refractivity contribution is -0.140. The first-order valence-corrected chi connectivity index (χ1v) is 6.38. The quantitative estimate of drug-likeness (QED) is 0.404. The largest absolute Gasteiger partial charge is 0.469 e. The molecule has 0 saturated heterocycles. The topological polar surface area (TPSA) is 26.3 Å². The average molecular weight is 214 g/mol. The lowest BCUT2D eigenvalue weighted by atomic mass is 10.1. The second kappa shape index (κ2) is 11.5. The van der Waals surface area contributed by atoms with Crippen LogP contribution >= 0.6 is 0 Å². The fourth-order valence-corrected chi connectivity index (χ4v) is 1.68.